The van der Waals surface area contributed by atoms with E-state index in [1.807, 2.05) is 31.2 Å². The van der Waals surface area contributed by atoms with Gasteiger partial charge in [0.05, 0.1) is 31.0 Å². The molecule has 0 unspecified atom stereocenters. The topological polar surface area (TPSA) is 115 Å². The van der Waals surface area contributed by atoms with Crippen molar-refractivity contribution in [2.75, 3.05) is 13.2 Å². The molecule has 0 fully saturated rings. The number of amides is 1. The number of fused-ring (bicyclic) bond motifs is 2. The van der Waals surface area contributed by atoms with Crippen molar-refractivity contribution in [3.63, 3.8) is 0 Å². The number of aromatic nitrogens is 5. The Hall–Kier alpha value is -3.99. The van der Waals surface area contributed by atoms with Crippen LogP contribution in [0.5, 0.6) is 0 Å². The van der Waals surface area contributed by atoms with Crippen molar-refractivity contribution in [2.24, 2.45) is 0 Å². The van der Waals surface area contributed by atoms with E-state index in [1.165, 1.54) is 6.07 Å². The zero-order chi connectivity index (χ0) is 24.4. The second-order valence-corrected chi connectivity index (χ2v) is 7.96. The lowest BCUT2D eigenvalue weighted by atomic mass is 10.0. The molecule has 3 aromatic heterocycles. The van der Waals surface area contributed by atoms with Gasteiger partial charge in [-0.25, -0.2) is 19.5 Å². The molecular formula is C25H22ClFN6O3. The van der Waals surface area contributed by atoms with Gasteiger partial charge in [-0.15, -0.1) is 17.5 Å². The third kappa shape index (κ3) is 5.01. The molecule has 0 aliphatic rings. The molecule has 5 aromatic rings. The van der Waals surface area contributed by atoms with Gasteiger partial charge in [-0.1, -0.05) is 17.3 Å². The number of nitrogens with zero attached hydrogens (tertiary/aromatic N) is 5. The van der Waals surface area contributed by atoms with Crippen LogP contribution in [-0.4, -0.2) is 49.2 Å². The number of rotatable bonds is 7. The standard InChI is InChI=1S/C25H21FN6O3.ClH/c1-15-11-17(4-5-19(15)25(34)30-35-10-9-33)21-6-7-22-24(28-21)32(31-29-22)14-18-12-16-3-2-8-27-23(16)13-20(18)26;/h2-8,11-13,33H,9-10,14H2,1H3,(H,30,34);1H. The number of aliphatic hydroxyl groups is 1. The molecule has 0 aliphatic carbocycles. The fourth-order valence-electron chi connectivity index (χ4n) is 3.84. The Morgan fingerprint density at radius 1 is 1.14 bits per heavy atom. The molecule has 0 spiro atoms. The van der Waals surface area contributed by atoms with E-state index in [0.717, 1.165) is 16.5 Å². The third-order valence-electron chi connectivity index (χ3n) is 5.58. The first-order valence-corrected chi connectivity index (χ1v) is 10.9. The van der Waals surface area contributed by atoms with Gasteiger partial charge in [-0.2, -0.15) is 0 Å². The Morgan fingerprint density at radius 2 is 2.00 bits per heavy atom. The Balaban J connectivity index is 0.00000304. The van der Waals surface area contributed by atoms with Crippen LogP contribution in [0, 0.1) is 12.7 Å². The molecule has 184 valence electrons. The van der Waals surface area contributed by atoms with E-state index in [-0.39, 0.29) is 38.0 Å². The van der Waals surface area contributed by atoms with Crippen LogP contribution in [0.15, 0.2) is 60.8 Å². The minimum absolute atomic E-state index is 0. The maximum atomic E-state index is 14.7. The van der Waals surface area contributed by atoms with Crippen LogP contribution >= 0.6 is 12.4 Å². The monoisotopic (exact) mass is 508 g/mol. The van der Waals surface area contributed by atoms with Gasteiger partial charge in [-0.05, 0) is 48.9 Å². The van der Waals surface area contributed by atoms with E-state index in [9.17, 15) is 9.18 Å². The lowest BCUT2D eigenvalue weighted by Crippen LogP contribution is -2.25. The average molecular weight is 509 g/mol. The van der Waals surface area contributed by atoms with Gasteiger partial charge in [0, 0.05) is 34.3 Å². The SMILES string of the molecule is Cc1cc(-c2ccc3nnn(Cc4cc5cccnc5cc4F)c3n2)ccc1C(=O)NOCCO.Cl. The predicted octanol–water partition coefficient (Wildman–Crippen LogP) is 3.61. The molecule has 0 saturated carbocycles. The second kappa shape index (κ2) is 10.7. The Labute approximate surface area is 211 Å². The van der Waals surface area contributed by atoms with E-state index >= 15 is 0 Å². The summed E-state index contributed by atoms with van der Waals surface area (Å²) in [5, 5.41) is 17.9. The molecule has 2 N–H and O–H groups in total. The minimum atomic E-state index is -0.402. The number of nitrogens with one attached hydrogen (secondary N) is 1. The van der Waals surface area contributed by atoms with Gasteiger partial charge in [0.2, 0.25) is 0 Å². The average Bonchev–Trinajstić information content (AvgIpc) is 3.26. The van der Waals surface area contributed by atoms with Crippen molar-refractivity contribution >= 4 is 40.4 Å². The number of hydrogen-bond acceptors (Lipinski definition) is 7. The predicted molar refractivity (Wildman–Crippen MR) is 134 cm³/mol. The number of pyridine rings is 2. The van der Waals surface area contributed by atoms with E-state index in [2.05, 4.69) is 20.8 Å². The van der Waals surface area contributed by atoms with Crippen molar-refractivity contribution in [3.05, 3.63) is 83.3 Å². The Kier molecular flexibility index (Phi) is 7.49. The van der Waals surface area contributed by atoms with Crippen molar-refractivity contribution in [3.8, 4) is 11.3 Å². The Bertz CT molecular complexity index is 1560. The molecule has 0 aliphatic heterocycles. The van der Waals surface area contributed by atoms with Crippen LogP contribution in [0.3, 0.4) is 0 Å². The van der Waals surface area contributed by atoms with Gasteiger partial charge in [0.1, 0.15) is 11.3 Å². The summed E-state index contributed by atoms with van der Waals surface area (Å²) in [6, 6.07) is 15.8. The smallest absolute Gasteiger partial charge is 0.275 e. The second-order valence-electron chi connectivity index (χ2n) is 7.96. The van der Waals surface area contributed by atoms with Gasteiger partial charge >= 0.3 is 0 Å². The molecule has 0 radical (unpaired) electrons. The first-order valence-electron chi connectivity index (χ1n) is 10.9. The fraction of sp³-hybridized carbons (Fsp3) is 0.160. The molecule has 2 aromatic carbocycles. The summed E-state index contributed by atoms with van der Waals surface area (Å²) < 4.78 is 16.3. The molecule has 1 amide bonds. The van der Waals surface area contributed by atoms with Crippen LogP contribution in [0.4, 0.5) is 4.39 Å². The molecule has 0 atom stereocenters. The lowest BCUT2D eigenvalue weighted by molar-refractivity contribution is 0.0168. The molecular weight excluding hydrogens is 487 g/mol. The number of benzene rings is 2. The third-order valence-corrected chi connectivity index (χ3v) is 5.58. The lowest BCUT2D eigenvalue weighted by Gasteiger charge is -2.10. The zero-order valence-electron chi connectivity index (χ0n) is 19.2. The largest absolute Gasteiger partial charge is 0.394 e. The van der Waals surface area contributed by atoms with Gasteiger partial charge in [-0.3, -0.25) is 14.6 Å². The van der Waals surface area contributed by atoms with Crippen LogP contribution in [0.1, 0.15) is 21.5 Å². The number of aliphatic hydroxyl groups excluding tert-OH is 1. The van der Waals surface area contributed by atoms with Crippen molar-refractivity contribution in [1.29, 1.82) is 0 Å². The highest BCUT2D eigenvalue weighted by Crippen LogP contribution is 2.24. The highest BCUT2D eigenvalue weighted by Gasteiger charge is 2.14. The number of aryl methyl sites for hydroxylation is 1. The summed E-state index contributed by atoms with van der Waals surface area (Å²) in [7, 11) is 0. The van der Waals surface area contributed by atoms with E-state index in [1.54, 1.807) is 35.1 Å². The molecule has 36 heavy (non-hydrogen) atoms. The molecule has 3 heterocycles. The maximum absolute atomic E-state index is 14.7. The summed E-state index contributed by atoms with van der Waals surface area (Å²) in [6.45, 7) is 1.79. The highest BCUT2D eigenvalue weighted by molar-refractivity contribution is 5.95. The highest BCUT2D eigenvalue weighted by atomic mass is 35.5. The quantitative estimate of drug-likeness (QED) is 0.255. The van der Waals surface area contributed by atoms with Gasteiger partial charge in [0.15, 0.2) is 5.65 Å². The van der Waals surface area contributed by atoms with Gasteiger partial charge in [0.25, 0.3) is 5.91 Å². The normalized spacial score (nSPS) is 11.0. The summed E-state index contributed by atoms with van der Waals surface area (Å²) in [5.41, 5.74) is 7.09. The van der Waals surface area contributed by atoms with Crippen LogP contribution in [0.25, 0.3) is 33.3 Å². The molecule has 0 saturated heterocycles. The van der Waals surface area contributed by atoms with Crippen molar-refractivity contribution in [2.45, 2.75) is 13.5 Å². The Morgan fingerprint density at radius 3 is 2.81 bits per heavy atom. The number of hydrogen-bond donors (Lipinski definition) is 2. The maximum Gasteiger partial charge on any atom is 0.275 e. The first-order chi connectivity index (χ1) is 17.0. The molecule has 5 rings (SSSR count). The number of halogens is 2. The number of hydroxylamine groups is 1. The van der Waals surface area contributed by atoms with Crippen LogP contribution in [-0.2, 0) is 11.4 Å². The molecule has 9 nitrogen and oxygen atoms in total. The minimum Gasteiger partial charge on any atom is -0.394 e. The molecule has 11 heteroatoms. The molecule has 0 bridgehead atoms. The van der Waals surface area contributed by atoms with Crippen LogP contribution < -0.4 is 5.48 Å². The number of carbonyl (C=O) groups excluding carboxylic acids is 1. The van der Waals surface area contributed by atoms with E-state index in [0.29, 0.717) is 33.5 Å². The zero-order valence-corrected chi connectivity index (χ0v) is 20.0. The summed E-state index contributed by atoms with van der Waals surface area (Å²) in [4.78, 5) is 26.1. The first kappa shape index (κ1) is 25.1. The summed E-state index contributed by atoms with van der Waals surface area (Å²) in [6.07, 6.45) is 1.63. The summed E-state index contributed by atoms with van der Waals surface area (Å²) >= 11 is 0. The number of carbonyl (C=O) groups is 1. The van der Waals surface area contributed by atoms with Gasteiger partial charge < -0.3 is 5.11 Å². The summed E-state index contributed by atoms with van der Waals surface area (Å²) in [5.74, 6) is -0.774. The van der Waals surface area contributed by atoms with Crippen molar-refractivity contribution < 1.29 is 19.1 Å². The van der Waals surface area contributed by atoms with Crippen LogP contribution in [0.2, 0.25) is 0 Å². The fourth-order valence-corrected chi connectivity index (χ4v) is 3.84. The van der Waals surface area contributed by atoms with Crippen molar-refractivity contribution in [1.82, 2.24) is 30.4 Å². The van der Waals surface area contributed by atoms with E-state index in [4.69, 9.17) is 14.9 Å². The van der Waals surface area contributed by atoms with E-state index < -0.39 is 5.91 Å².